The molecule has 26 heavy (non-hydrogen) atoms. The molecule has 0 aliphatic heterocycles. The smallest absolute Gasteiger partial charge is 0.264 e. The second-order valence-electron chi connectivity index (χ2n) is 8.23. The fraction of sp³-hybridized carbons (Fsp3) is 0.684. The largest absolute Gasteiger partial charge is 0.353 e. The Balaban J connectivity index is 1.76. The van der Waals surface area contributed by atoms with E-state index >= 15 is 0 Å². The third-order valence-electron chi connectivity index (χ3n) is 5.05. The molecule has 0 atom stereocenters. The van der Waals surface area contributed by atoms with E-state index in [0.717, 1.165) is 12.8 Å². The van der Waals surface area contributed by atoms with E-state index in [-0.39, 0.29) is 23.4 Å². The molecule has 0 aromatic carbocycles. The topological polar surface area (TPSA) is 81.8 Å². The van der Waals surface area contributed by atoms with E-state index in [4.69, 9.17) is 0 Å². The van der Waals surface area contributed by atoms with Crippen LogP contribution in [0.25, 0.3) is 11.0 Å². The molecule has 0 spiro atoms. The first kappa shape index (κ1) is 18.6. The monoisotopic (exact) mass is 359 g/mol. The Morgan fingerprint density at radius 2 is 1.96 bits per heavy atom. The Kier molecular flexibility index (Phi) is 5.16. The number of hydrogen-bond acceptors (Lipinski definition) is 4. The average molecular weight is 359 g/mol. The first-order chi connectivity index (χ1) is 12.3. The van der Waals surface area contributed by atoms with Gasteiger partial charge in [0, 0.05) is 19.0 Å². The molecule has 7 nitrogen and oxygen atoms in total. The molecule has 7 heteroatoms. The number of nitrogens with zero attached hydrogens (tertiary/aromatic N) is 4. The zero-order valence-corrected chi connectivity index (χ0v) is 16.2. The summed E-state index contributed by atoms with van der Waals surface area (Å²) in [5.41, 5.74) is 0.219. The van der Waals surface area contributed by atoms with E-state index < -0.39 is 0 Å². The van der Waals surface area contributed by atoms with Crippen LogP contribution >= 0.6 is 0 Å². The first-order valence-corrected chi connectivity index (χ1v) is 9.52. The molecule has 1 aliphatic rings. The average Bonchev–Trinajstić information content (AvgIpc) is 2.99. The van der Waals surface area contributed by atoms with Gasteiger partial charge in [-0.05, 0) is 40.5 Å². The van der Waals surface area contributed by atoms with Gasteiger partial charge >= 0.3 is 0 Å². The third-order valence-corrected chi connectivity index (χ3v) is 5.05. The van der Waals surface area contributed by atoms with Gasteiger partial charge in [-0.1, -0.05) is 19.3 Å². The number of nitrogens with one attached hydrogen (secondary N) is 1. The minimum absolute atomic E-state index is 0.00804. The first-order valence-electron chi connectivity index (χ1n) is 9.52. The maximum absolute atomic E-state index is 12.8. The fourth-order valence-corrected chi connectivity index (χ4v) is 3.62. The highest BCUT2D eigenvalue weighted by Crippen LogP contribution is 2.19. The van der Waals surface area contributed by atoms with Crippen LogP contribution in [0.3, 0.4) is 0 Å². The molecule has 3 rings (SSSR count). The van der Waals surface area contributed by atoms with Crippen molar-refractivity contribution in [2.75, 3.05) is 0 Å². The van der Waals surface area contributed by atoms with Crippen molar-refractivity contribution in [1.29, 1.82) is 0 Å². The van der Waals surface area contributed by atoms with Crippen molar-refractivity contribution in [2.24, 2.45) is 0 Å². The SMILES string of the molecule is Cc1nc2c(cnn2C(C)(C)C)c(=O)n1CCC(=O)NC1CCCCC1. The highest BCUT2D eigenvalue weighted by molar-refractivity contribution is 5.76. The van der Waals surface area contributed by atoms with Gasteiger partial charge in [0.1, 0.15) is 11.2 Å². The summed E-state index contributed by atoms with van der Waals surface area (Å²) in [5, 5.41) is 7.94. The number of fused-ring (bicyclic) bond motifs is 1. The Morgan fingerprint density at radius 3 is 2.62 bits per heavy atom. The molecule has 0 bridgehead atoms. The lowest BCUT2D eigenvalue weighted by Crippen LogP contribution is -2.37. The summed E-state index contributed by atoms with van der Waals surface area (Å²) in [4.78, 5) is 29.7. The number of carbonyl (C=O) groups is 1. The summed E-state index contributed by atoms with van der Waals surface area (Å²) in [5.74, 6) is 0.618. The predicted molar refractivity (Wildman–Crippen MR) is 101 cm³/mol. The van der Waals surface area contributed by atoms with Gasteiger partial charge in [-0.25, -0.2) is 9.67 Å². The van der Waals surface area contributed by atoms with E-state index in [1.165, 1.54) is 19.3 Å². The Labute approximate surface area is 153 Å². The minimum atomic E-state index is -0.250. The maximum atomic E-state index is 12.8. The van der Waals surface area contributed by atoms with Gasteiger partial charge in [0.2, 0.25) is 5.91 Å². The summed E-state index contributed by atoms with van der Waals surface area (Å²) >= 11 is 0. The second kappa shape index (κ2) is 7.21. The molecular weight excluding hydrogens is 330 g/mol. The summed E-state index contributed by atoms with van der Waals surface area (Å²) in [6.45, 7) is 8.22. The van der Waals surface area contributed by atoms with Crippen LogP contribution in [0, 0.1) is 6.92 Å². The molecule has 1 amide bonds. The minimum Gasteiger partial charge on any atom is -0.353 e. The summed E-state index contributed by atoms with van der Waals surface area (Å²) in [6.07, 6.45) is 7.61. The molecule has 1 aliphatic carbocycles. The van der Waals surface area contributed by atoms with Crippen LogP contribution in [0.1, 0.15) is 65.1 Å². The van der Waals surface area contributed by atoms with Crippen molar-refractivity contribution >= 4 is 16.9 Å². The number of hydrogen-bond donors (Lipinski definition) is 1. The van der Waals surface area contributed by atoms with Crippen LogP contribution in [0.4, 0.5) is 0 Å². The van der Waals surface area contributed by atoms with Gasteiger partial charge in [0.25, 0.3) is 5.56 Å². The Hall–Kier alpha value is -2.18. The molecule has 2 heterocycles. The standard InChI is InChI=1S/C19H29N5O2/c1-13-21-17-15(12-20-24(17)19(2,3)4)18(26)23(13)11-10-16(25)22-14-8-6-5-7-9-14/h12,14H,5-11H2,1-4H3,(H,22,25). The molecule has 0 saturated heterocycles. The molecule has 1 fully saturated rings. The second-order valence-corrected chi connectivity index (χ2v) is 8.23. The van der Waals surface area contributed by atoms with Crippen LogP contribution in [0.15, 0.2) is 11.0 Å². The number of rotatable bonds is 4. The quantitative estimate of drug-likeness (QED) is 0.909. The number of aromatic nitrogens is 4. The lowest BCUT2D eigenvalue weighted by atomic mass is 9.95. The molecule has 2 aromatic heterocycles. The lowest BCUT2D eigenvalue weighted by molar-refractivity contribution is -0.122. The van der Waals surface area contributed by atoms with Crippen molar-refractivity contribution in [2.45, 2.75) is 84.3 Å². The van der Waals surface area contributed by atoms with Crippen LogP contribution < -0.4 is 10.9 Å². The van der Waals surface area contributed by atoms with Gasteiger partial charge < -0.3 is 5.32 Å². The molecular formula is C19H29N5O2. The van der Waals surface area contributed by atoms with Crippen LogP contribution in [0.5, 0.6) is 0 Å². The number of amides is 1. The van der Waals surface area contributed by atoms with Crippen molar-refractivity contribution in [3.05, 3.63) is 22.4 Å². The van der Waals surface area contributed by atoms with Crippen molar-refractivity contribution < 1.29 is 4.79 Å². The van der Waals surface area contributed by atoms with Crippen LogP contribution in [-0.4, -0.2) is 31.3 Å². The number of aryl methyl sites for hydroxylation is 1. The maximum Gasteiger partial charge on any atom is 0.264 e. The molecule has 142 valence electrons. The van der Waals surface area contributed by atoms with Crippen molar-refractivity contribution in [1.82, 2.24) is 24.6 Å². The Bertz CT molecular complexity index is 853. The predicted octanol–water partition coefficient (Wildman–Crippen LogP) is 2.50. The zero-order valence-electron chi connectivity index (χ0n) is 16.2. The number of carbonyl (C=O) groups excluding carboxylic acids is 1. The van der Waals surface area contributed by atoms with Gasteiger partial charge in [-0.2, -0.15) is 5.10 Å². The van der Waals surface area contributed by atoms with Gasteiger partial charge in [0.15, 0.2) is 5.65 Å². The molecule has 2 aromatic rings. The molecule has 1 N–H and O–H groups in total. The van der Waals surface area contributed by atoms with Crippen molar-refractivity contribution in [3.63, 3.8) is 0 Å². The van der Waals surface area contributed by atoms with E-state index in [1.807, 2.05) is 20.8 Å². The molecule has 0 unspecified atom stereocenters. The van der Waals surface area contributed by atoms with Gasteiger partial charge in [-0.15, -0.1) is 0 Å². The highest BCUT2D eigenvalue weighted by atomic mass is 16.2. The molecule has 0 radical (unpaired) electrons. The third kappa shape index (κ3) is 3.81. The summed E-state index contributed by atoms with van der Waals surface area (Å²) in [6, 6.07) is 0.291. The lowest BCUT2D eigenvalue weighted by Gasteiger charge is -2.23. The van der Waals surface area contributed by atoms with E-state index in [1.54, 1.807) is 22.4 Å². The highest BCUT2D eigenvalue weighted by Gasteiger charge is 2.21. The van der Waals surface area contributed by atoms with E-state index in [0.29, 0.717) is 29.4 Å². The summed E-state index contributed by atoms with van der Waals surface area (Å²) < 4.78 is 3.36. The van der Waals surface area contributed by atoms with Crippen molar-refractivity contribution in [3.8, 4) is 0 Å². The van der Waals surface area contributed by atoms with Gasteiger partial charge in [0.05, 0.1) is 11.7 Å². The van der Waals surface area contributed by atoms with Gasteiger partial charge in [-0.3, -0.25) is 14.2 Å². The van der Waals surface area contributed by atoms with E-state index in [9.17, 15) is 9.59 Å². The summed E-state index contributed by atoms with van der Waals surface area (Å²) in [7, 11) is 0. The molecule has 1 saturated carbocycles. The van der Waals surface area contributed by atoms with Crippen LogP contribution in [0.2, 0.25) is 0 Å². The Morgan fingerprint density at radius 1 is 1.27 bits per heavy atom. The zero-order chi connectivity index (χ0) is 18.9. The van der Waals surface area contributed by atoms with E-state index in [2.05, 4.69) is 15.4 Å². The normalized spacial score (nSPS) is 16.2. The fourth-order valence-electron chi connectivity index (χ4n) is 3.62. The van der Waals surface area contributed by atoms with Crippen LogP contribution in [-0.2, 0) is 16.9 Å².